The van der Waals surface area contributed by atoms with Gasteiger partial charge < -0.3 is 18.9 Å². The largest absolute Gasteiger partial charge is 0.461 e. The Morgan fingerprint density at radius 1 is 0.833 bits per heavy atom. The van der Waals surface area contributed by atoms with Crippen molar-refractivity contribution in [2.75, 3.05) is 19.8 Å². The van der Waals surface area contributed by atoms with Gasteiger partial charge in [0.2, 0.25) is 0 Å². The summed E-state index contributed by atoms with van der Waals surface area (Å²) in [7, 11) is 0. The third-order valence-corrected chi connectivity index (χ3v) is 5.71. The number of hydrogen-bond acceptors (Lipinski definition) is 8. The summed E-state index contributed by atoms with van der Waals surface area (Å²) >= 11 is 0. The Kier molecular flexibility index (Phi) is 11.5. The van der Waals surface area contributed by atoms with Crippen molar-refractivity contribution in [3.8, 4) is 0 Å². The third-order valence-electron chi connectivity index (χ3n) is 5.71. The lowest BCUT2D eigenvalue weighted by Crippen LogP contribution is -2.44. The van der Waals surface area contributed by atoms with Gasteiger partial charge in [-0.25, -0.2) is 23.2 Å². The van der Waals surface area contributed by atoms with Crippen LogP contribution in [0.3, 0.4) is 0 Å². The molecule has 0 spiro atoms. The SMILES string of the molecule is C=C(C)C(=O)OCC(CC(F)(F)C1CCCC1)OC(=O)C(C)(COC(=O)C(=C)C)COC(=O)C(=C)C. The van der Waals surface area contributed by atoms with Gasteiger partial charge in [0, 0.05) is 22.6 Å². The first kappa shape index (κ1) is 31.0. The smallest absolute Gasteiger partial charge is 0.333 e. The lowest BCUT2D eigenvalue weighted by molar-refractivity contribution is -0.182. The van der Waals surface area contributed by atoms with Crippen molar-refractivity contribution in [3.63, 3.8) is 0 Å². The molecule has 1 unspecified atom stereocenters. The first-order valence-electron chi connectivity index (χ1n) is 11.7. The van der Waals surface area contributed by atoms with Gasteiger partial charge in [-0.05, 0) is 40.5 Å². The van der Waals surface area contributed by atoms with E-state index in [9.17, 15) is 28.0 Å². The summed E-state index contributed by atoms with van der Waals surface area (Å²) in [5.41, 5.74) is -1.59. The minimum Gasteiger partial charge on any atom is -0.461 e. The molecule has 0 amide bonds. The predicted octanol–water partition coefficient (Wildman–Crippen LogP) is 4.48. The molecule has 1 aliphatic carbocycles. The predicted molar refractivity (Wildman–Crippen MR) is 127 cm³/mol. The fourth-order valence-electron chi connectivity index (χ4n) is 3.39. The number of alkyl halides is 2. The molecule has 36 heavy (non-hydrogen) atoms. The number of ether oxygens (including phenoxy) is 4. The van der Waals surface area contributed by atoms with Crippen LogP contribution in [0, 0.1) is 11.3 Å². The van der Waals surface area contributed by atoms with Crippen LogP contribution in [-0.2, 0) is 38.1 Å². The first-order valence-corrected chi connectivity index (χ1v) is 11.7. The fraction of sp³-hybridized carbons (Fsp3) is 0.615. The average Bonchev–Trinajstić information content (AvgIpc) is 3.34. The molecule has 8 nitrogen and oxygen atoms in total. The second-order valence-electron chi connectivity index (χ2n) is 9.63. The van der Waals surface area contributed by atoms with Crippen molar-refractivity contribution in [2.45, 2.75) is 71.8 Å². The monoisotopic (exact) mass is 514 g/mol. The minimum atomic E-state index is -3.17. The van der Waals surface area contributed by atoms with E-state index in [2.05, 4.69) is 19.7 Å². The van der Waals surface area contributed by atoms with E-state index in [1.807, 2.05) is 0 Å². The van der Waals surface area contributed by atoms with Crippen LogP contribution in [0.2, 0.25) is 0 Å². The molecule has 1 aliphatic rings. The summed E-state index contributed by atoms with van der Waals surface area (Å²) in [5, 5.41) is 0. The number of esters is 4. The third kappa shape index (κ3) is 9.54. The highest BCUT2D eigenvalue weighted by molar-refractivity contribution is 5.88. The molecule has 1 saturated carbocycles. The van der Waals surface area contributed by atoms with Crippen LogP contribution in [0.25, 0.3) is 0 Å². The van der Waals surface area contributed by atoms with Crippen LogP contribution in [0.15, 0.2) is 36.5 Å². The standard InChI is InChI=1S/C26H36F2O8/c1-16(2)21(29)33-13-20(12-26(27,28)19-10-8-9-11-19)36-24(32)25(7,14-34-22(30)17(3)4)15-35-23(31)18(5)6/h19-20H,1,3,5,8-15H2,2,4,6-7H3. The van der Waals surface area contributed by atoms with E-state index in [1.165, 1.54) is 27.7 Å². The van der Waals surface area contributed by atoms with E-state index in [4.69, 9.17) is 18.9 Å². The van der Waals surface area contributed by atoms with Crippen LogP contribution >= 0.6 is 0 Å². The molecule has 0 aliphatic heterocycles. The Morgan fingerprint density at radius 2 is 1.25 bits per heavy atom. The van der Waals surface area contributed by atoms with Gasteiger partial charge in [0.05, 0.1) is 6.42 Å². The molecule has 1 atom stereocenters. The molecule has 1 fully saturated rings. The zero-order chi connectivity index (χ0) is 27.7. The zero-order valence-electron chi connectivity index (χ0n) is 21.5. The molecule has 0 aromatic carbocycles. The van der Waals surface area contributed by atoms with Gasteiger partial charge in [-0.15, -0.1) is 0 Å². The summed E-state index contributed by atoms with van der Waals surface area (Å²) in [5.74, 6) is -7.57. The average molecular weight is 515 g/mol. The second-order valence-corrected chi connectivity index (χ2v) is 9.63. The number of carbonyl (C=O) groups excluding carboxylic acids is 4. The molecule has 0 aromatic rings. The lowest BCUT2D eigenvalue weighted by atomic mass is 9.92. The van der Waals surface area contributed by atoms with Gasteiger partial charge in [0.25, 0.3) is 5.92 Å². The second kappa shape index (κ2) is 13.3. The maximum absolute atomic E-state index is 15.0. The van der Waals surface area contributed by atoms with Crippen molar-refractivity contribution < 1.29 is 46.9 Å². The molecule has 0 saturated heterocycles. The molecular formula is C26H36F2O8. The van der Waals surface area contributed by atoms with Crippen LogP contribution in [-0.4, -0.2) is 55.7 Å². The highest BCUT2D eigenvalue weighted by atomic mass is 19.3. The molecule has 0 radical (unpaired) electrons. The Bertz CT molecular complexity index is 856. The first-order chi connectivity index (χ1) is 16.6. The highest BCUT2D eigenvalue weighted by Gasteiger charge is 2.46. The Morgan fingerprint density at radius 3 is 1.67 bits per heavy atom. The zero-order valence-corrected chi connectivity index (χ0v) is 21.5. The van der Waals surface area contributed by atoms with Gasteiger partial charge in [-0.1, -0.05) is 32.6 Å². The molecular weight excluding hydrogens is 478 g/mol. The quantitative estimate of drug-likeness (QED) is 0.190. The van der Waals surface area contributed by atoms with Gasteiger partial charge >= 0.3 is 23.9 Å². The summed E-state index contributed by atoms with van der Waals surface area (Å²) in [4.78, 5) is 48.8. The Hall–Kier alpha value is -3.04. The van der Waals surface area contributed by atoms with E-state index >= 15 is 0 Å². The molecule has 202 valence electrons. The van der Waals surface area contributed by atoms with Crippen molar-refractivity contribution >= 4 is 23.9 Å². The van der Waals surface area contributed by atoms with Crippen LogP contribution < -0.4 is 0 Å². The molecule has 10 heteroatoms. The van der Waals surface area contributed by atoms with E-state index < -0.39 is 73.5 Å². The molecule has 0 aromatic heterocycles. The van der Waals surface area contributed by atoms with E-state index in [1.54, 1.807) is 0 Å². The van der Waals surface area contributed by atoms with Crippen LogP contribution in [0.1, 0.15) is 59.8 Å². The van der Waals surface area contributed by atoms with Crippen LogP contribution in [0.5, 0.6) is 0 Å². The molecule has 0 bridgehead atoms. The van der Waals surface area contributed by atoms with Crippen LogP contribution in [0.4, 0.5) is 8.78 Å². The Labute approximate surface area is 210 Å². The Balaban J connectivity index is 3.12. The van der Waals surface area contributed by atoms with Crippen molar-refractivity contribution in [1.82, 2.24) is 0 Å². The van der Waals surface area contributed by atoms with E-state index in [-0.39, 0.29) is 16.7 Å². The number of carbonyl (C=O) groups is 4. The maximum atomic E-state index is 15.0. The topological polar surface area (TPSA) is 105 Å². The summed E-state index contributed by atoms with van der Waals surface area (Å²) in [6.07, 6.45) is -0.356. The van der Waals surface area contributed by atoms with Gasteiger partial charge in [0.15, 0.2) is 0 Å². The van der Waals surface area contributed by atoms with Gasteiger partial charge in [-0.2, -0.15) is 0 Å². The normalized spacial score (nSPS) is 14.9. The number of rotatable bonds is 14. The van der Waals surface area contributed by atoms with Crippen molar-refractivity contribution in [3.05, 3.63) is 36.5 Å². The summed E-state index contributed by atoms with van der Waals surface area (Å²) in [6, 6.07) is 0. The minimum absolute atomic E-state index is 0.0471. The van der Waals surface area contributed by atoms with Gasteiger partial charge in [0.1, 0.15) is 31.3 Å². The summed E-state index contributed by atoms with van der Waals surface area (Å²) < 4.78 is 50.5. The fourth-order valence-corrected chi connectivity index (χ4v) is 3.39. The number of hydrogen-bond donors (Lipinski definition) is 0. The van der Waals surface area contributed by atoms with Crippen molar-refractivity contribution in [2.24, 2.45) is 11.3 Å². The number of halogens is 2. The lowest BCUT2D eigenvalue weighted by Gasteiger charge is -2.31. The highest BCUT2D eigenvalue weighted by Crippen LogP contribution is 2.41. The van der Waals surface area contributed by atoms with Crippen molar-refractivity contribution in [1.29, 1.82) is 0 Å². The van der Waals surface area contributed by atoms with E-state index in [0.717, 1.165) is 0 Å². The van der Waals surface area contributed by atoms with Gasteiger partial charge in [-0.3, -0.25) is 4.79 Å². The molecule has 0 heterocycles. The maximum Gasteiger partial charge on any atom is 0.333 e. The molecule has 1 rings (SSSR count). The van der Waals surface area contributed by atoms with E-state index in [0.29, 0.717) is 25.7 Å². The summed E-state index contributed by atoms with van der Waals surface area (Å²) in [6.45, 7) is 14.0. The molecule has 0 N–H and O–H groups in total.